The lowest BCUT2D eigenvalue weighted by Gasteiger charge is -2.46. The first kappa shape index (κ1) is 18.3. The molecule has 0 unspecified atom stereocenters. The highest BCUT2D eigenvalue weighted by atomic mass is 35.5. The summed E-state index contributed by atoms with van der Waals surface area (Å²) < 4.78 is 0. The van der Waals surface area contributed by atoms with Crippen LogP contribution in [0.3, 0.4) is 0 Å². The van der Waals surface area contributed by atoms with Gasteiger partial charge in [0.1, 0.15) is 0 Å². The quantitative estimate of drug-likeness (QED) is 0.780. The van der Waals surface area contributed by atoms with Crippen LogP contribution in [0.1, 0.15) is 59.1 Å². The number of nitrogens with zero attached hydrogens (tertiary/aromatic N) is 1. The van der Waals surface area contributed by atoms with Gasteiger partial charge < -0.3 is 14.8 Å². The van der Waals surface area contributed by atoms with Crippen LogP contribution in [0, 0.1) is 0 Å². The minimum absolute atomic E-state index is 0.00977. The molecule has 2 aromatic carbocycles. The first-order valence-corrected chi connectivity index (χ1v) is 9.82. The van der Waals surface area contributed by atoms with Crippen molar-refractivity contribution in [3.8, 4) is 0 Å². The Morgan fingerprint density at radius 2 is 1.74 bits per heavy atom. The van der Waals surface area contributed by atoms with Crippen LogP contribution in [0.2, 0.25) is 10.0 Å². The molecule has 0 saturated heterocycles. The van der Waals surface area contributed by atoms with Crippen molar-refractivity contribution in [1.82, 2.24) is 4.90 Å². The fourth-order valence-corrected chi connectivity index (χ4v) is 4.98. The van der Waals surface area contributed by atoms with Gasteiger partial charge in [0.25, 0.3) is 5.91 Å². The summed E-state index contributed by atoms with van der Waals surface area (Å²) in [5, 5.41) is 13.0. The van der Waals surface area contributed by atoms with E-state index in [0.717, 1.165) is 25.7 Å². The van der Waals surface area contributed by atoms with Crippen LogP contribution in [0.4, 0.5) is 0 Å². The molecule has 1 aliphatic heterocycles. The topological polar surface area (TPSA) is 60.4 Å². The number of carboxylic acid groups (broad SMARTS) is 1. The van der Waals surface area contributed by atoms with Crippen LogP contribution >= 0.6 is 23.2 Å². The molecule has 140 valence electrons. The zero-order chi connectivity index (χ0) is 19.1. The van der Waals surface area contributed by atoms with Gasteiger partial charge in [-0.2, -0.15) is 0 Å². The lowest BCUT2D eigenvalue weighted by atomic mass is 9.79. The third-order valence-electron chi connectivity index (χ3n) is 5.63. The van der Waals surface area contributed by atoms with Gasteiger partial charge in [-0.25, -0.2) is 0 Å². The first-order chi connectivity index (χ1) is 13.0. The molecule has 0 aromatic heterocycles. The Morgan fingerprint density at radius 3 is 2.41 bits per heavy atom. The zero-order valence-corrected chi connectivity index (χ0v) is 16.0. The number of rotatable bonds is 3. The van der Waals surface area contributed by atoms with E-state index in [2.05, 4.69) is 0 Å². The summed E-state index contributed by atoms with van der Waals surface area (Å²) in [6.07, 6.45) is 3.76. The lowest BCUT2D eigenvalue weighted by Crippen LogP contribution is -2.51. The van der Waals surface area contributed by atoms with Gasteiger partial charge in [-0.1, -0.05) is 60.3 Å². The predicted octanol–water partition coefficient (Wildman–Crippen LogP) is 3.97. The van der Waals surface area contributed by atoms with Crippen LogP contribution in [0.5, 0.6) is 0 Å². The van der Waals surface area contributed by atoms with E-state index in [-0.39, 0.29) is 11.9 Å². The Hall–Kier alpha value is -2.04. The second-order valence-electron chi connectivity index (χ2n) is 7.15. The highest BCUT2D eigenvalue weighted by Gasteiger charge is 2.45. The van der Waals surface area contributed by atoms with Crippen molar-refractivity contribution in [2.24, 2.45) is 0 Å². The molecule has 6 heteroatoms. The van der Waals surface area contributed by atoms with Crippen molar-refractivity contribution in [3.05, 3.63) is 69.2 Å². The summed E-state index contributed by atoms with van der Waals surface area (Å²) in [6, 6.07) is 11.1. The number of fused-ring (bicyclic) bond motifs is 1. The van der Waals surface area contributed by atoms with Crippen LogP contribution in [-0.4, -0.2) is 22.8 Å². The number of carbonyl (C=O) groups is 2. The molecule has 1 fully saturated rings. The number of aliphatic carboxylic acids is 1. The fraction of sp³-hybridized carbons (Fsp3) is 0.333. The minimum atomic E-state index is -1.21. The standard InChI is InChI=1S/C21H19Cl2NO3/c22-12-9-10-16(17(23)11-12)19-18(21(26)27)14-7-3-4-8-15(14)20(25)24(19)13-5-1-2-6-13/h3-4,7-11,13,18-19H,1-2,5-6H2,(H,26,27)/p-1/t18-,19+/m0/s1. The highest BCUT2D eigenvalue weighted by Crippen LogP contribution is 2.47. The normalized spacial score (nSPS) is 22.7. The zero-order valence-electron chi connectivity index (χ0n) is 14.5. The second-order valence-corrected chi connectivity index (χ2v) is 7.99. The molecule has 4 rings (SSSR count). The van der Waals surface area contributed by atoms with Crippen molar-refractivity contribution >= 4 is 35.1 Å². The summed E-state index contributed by atoms with van der Waals surface area (Å²) >= 11 is 12.5. The van der Waals surface area contributed by atoms with Gasteiger partial charge in [-0.15, -0.1) is 0 Å². The van der Waals surface area contributed by atoms with E-state index in [9.17, 15) is 14.7 Å². The van der Waals surface area contributed by atoms with Gasteiger partial charge in [0.2, 0.25) is 0 Å². The van der Waals surface area contributed by atoms with Crippen molar-refractivity contribution in [1.29, 1.82) is 0 Å². The maximum Gasteiger partial charge on any atom is 0.254 e. The molecule has 0 spiro atoms. The molecule has 0 radical (unpaired) electrons. The van der Waals surface area contributed by atoms with Crippen molar-refractivity contribution in [2.45, 2.75) is 43.7 Å². The number of carbonyl (C=O) groups excluding carboxylic acids is 2. The molecule has 27 heavy (non-hydrogen) atoms. The Balaban J connectivity index is 1.94. The largest absolute Gasteiger partial charge is 0.549 e. The molecule has 0 bridgehead atoms. The van der Waals surface area contributed by atoms with Gasteiger partial charge in [0.05, 0.1) is 12.0 Å². The molecular weight excluding hydrogens is 385 g/mol. The molecule has 2 aromatic rings. The van der Waals surface area contributed by atoms with Crippen LogP contribution in [0.15, 0.2) is 42.5 Å². The van der Waals surface area contributed by atoms with E-state index in [4.69, 9.17) is 23.2 Å². The maximum absolute atomic E-state index is 13.4. The third-order valence-corrected chi connectivity index (χ3v) is 6.19. The third kappa shape index (κ3) is 3.11. The number of benzene rings is 2. The molecule has 1 heterocycles. The number of hydrogen-bond acceptors (Lipinski definition) is 3. The number of amides is 1. The highest BCUT2D eigenvalue weighted by molar-refractivity contribution is 6.35. The Labute approximate surface area is 167 Å². The average Bonchev–Trinajstić information content (AvgIpc) is 3.15. The molecule has 2 aliphatic rings. The molecule has 1 aliphatic carbocycles. The second kappa shape index (κ2) is 7.17. The van der Waals surface area contributed by atoms with Gasteiger partial charge in [-0.3, -0.25) is 4.79 Å². The van der Waals surface area contributed by atoms with E-state index < -0.39 is 17.9 Å². The van der Waals surface area contributed by atoms with Crippen molar-refractivity contribution in [3.63, 3.8) is 0 Å². The first-order valence-electron chi connectivity index (χ1n) is 9.06. The van der Waals surface area contributed by atoms with Crippen LogP contribution in [-0.2, 0) is 4.79 Å². The van der Waals surface area contributed by atoms with Gasteiger partial charge in [0, 0.05) is 27.6 Å². The summed E-state index contributed by atoms with van der Waals surface area (Å²) in [6.45, 7) is 0. The summed E-state index contributed by atoms with van der Waals surface area (Å²) in [7, 11) is 0. The summed E-state index contributed by atoms with van der Waals surface area (Å²) in [5.74, 6) is -2.35. The van der Waals surface area contributed by atoms with Gasteiger partial charge >= 0.3 is 0 Å². The predicted molar refractivity (Wildman–Crippen MR) is 102 cm³/mol. The van der Waals surface area contributed by atoms with E-state index in [0.29, 0.717) is 26.7 Å². The number of halogens is 2. The monoisotopic (exact) mass is 402 g/mol. The number of hydrogen-bond donors (Lipinski definition) is 0. The average molecular weight is 403 g/mol. The maximum atomic E-state index is 13.4. The Bertz CT molecular complexity index is 908. The molecule has 2 atom stereocenters. The molecule has 1 saturated carbocycles. The smallest absolute Gasteiger partial charge is 0.254 e. The van der Waals surface area contributed by atoms with E-state index >= 15 is 0 Å². The Kier molecular flexibility index (Phi) is 4.87. The van der Waals surface area contributed by atoms with E-state index in [1.165, 1.54) is 0 Å². The van der Waals surface area contributed by atoms with E-state index in [1.54, 1.807) is 47.4 Å². The Morgan fingerprint density at radius 1 is 1.04 bits per heavy atom. The van der Waals surface area contributed by atoms with Crippen molar-refractivity contribution in [2.75, 3.05) is 0 Å². The van der Waals surface area contributed by atoms with E-state index in [1.807, 2.05) is 0 Å². The molecule has 0 N–H and O–H groups in total. The summed E-state index contributed by atoms with van der Waals surface area (Å²) in [4.78, 5) is 27.3. The van der Waals surface area contributed by atoms with Crippen LogP contribution in [0.25, 0.3) is 0 Å². The molecular formula is C21H18Cl2NO3-. The van der Waals surface area contributed by atoms with Crippen LogP contribution < -0.4 is 5.11 Å². The lowest BCUT2D eigenvalue weighted by molar-refractivity contribution is -0.309. The fourth-order valence-electron chi connectivity index (χ4n) is 4.46. The SMILES string of the molecule is O=C([O-])[C@H]1c2ccccc2C(=O)N(C2CCCC2)[C@@H]1c1ccc(Cl)cc1Cl. The molecule has 4 nitrogen and oxygen atoms in total. The van der Waals surface area contributed by atoms with Gasteiger partial charge in [-0.05, 0) is 42.2 Å². The number of carboxylic acids is 1. The van der Waals surface area contributed by atoms with Crippen molar-refractivity contribution < 1.29 is 14.7 Å². The van der Waals surface area contributed by atoms with Gasteiger partial charge in [0.15, 0.2) is 0 Å². The summed E-state index contributed by atoms with van der Waals surface area (Å²) in [5.41, 5.74) is 1.50. The molecule has 1 amide bonds. The minimum Gasteiger partial charge on any atom is -0.549 e.